The Labute approximate surface area is 191 Å². The summed E-state index contributed by atoms with van der Waals surface area (Å²) in [4.78, 5) is 40.0. The molecule has 5 nitrogen and oxygen atoms in total. The number of rotatable bonds is 12. The van der Waals surface area contributed by atoms with Crippen molar-refractivity contribution >= 4 is 23.2 Å². The highest BCUT2D eigenvalue weighted by molar-refractivity contribution is 6.28. The zero-order valence-corrected chi connectivity index (χ0v) is 19.3. The molecule has 0 saturated carbocycles. The number of benzene rings is 2. The summed E-state index contributed by atoms with van der Waals surface area (Å²) in [6.45, 7) is 1.16. The van der Waals surface area contributed by atoms with E-state index in [-0.39, 0.29) is 17.5 Å². The predicted molar refractivity (Wildman–Crippen MR) is 128 cm³/mol. The molecule has 1 aliphatic rings. The molecule has 1 N–H and O–H groups in total. The van der Waals surface area contributed by atoms with Crippen LogP contribution in [0.15, 0.2) is 42.5 Å². The van der Waals surface area contributed by atoms with Gasteiger partial charge < -0.3 is 10.2 Å². The van der Waals surface area contributed by atoms with Crippen molar-refractivity contribution in [2.75, 3.05) is 26.0 Å². The van der Waals surface area contributed by atoms with Crippen LogP contribution in [-0.4, -0.2) is 43.0 Å². The Balaban J connectivity index is 1.39. The Morgan fingerprint density at radius 2 is 1.25 bits per heavy atom. The number of fused-ring (bicyclic) bond motifs is 2. The van der Waals surface area contributed by atoms with E-state index in [1.165, 1.54) is 32.1 Å². The second-order valence-electron chi connectivity index (χ2n) is 8.89. The number of carbonyl (C=O) groups excluding carboxylic acids is 3. The molecule has 0 radical (unpaired) electrons. The Bertz CT molecular complexity index is 965. The number of hydrogen-bond donors (Lipinski definition) is 1. The summed E-state index contributed by atoms with van der Waals surface area (Å²) >= 11 is 0. The fraction of sp³-hybridized carbons (Fsp3) is 0.444. The van der Waals surface area contributed by atoms with Crippen molar-refractivity contribution < 1.29 is 14.4 Å². The second-order valence-corrected chi connectivity index (χ2v) is 8.89. The maximum absolute atomic E-state index is 12.8. The molecule has 0 unspecified atom stereocenters. The molecule has 1 aliphatic carbocycles. The maximum atomic E-state index is 12.8. The minimum Gasteiger partial charge on any atom is -0.326 e. The van der Waals surface area contributed by atoms with Crippen LogP contribution in [0.3, 0.4) is 0 Å². The van der Waals surface area contributed by atoms with Gasteiger partial charge in [0, 0.05) is 34.4 Å². The van der Waals surface area contributed by atoms with Crippen LogP contribution < -0.4 is 5.32 Å². The first kappa shape index (κ1) is 23.9. The van der Waals surface area contributed by atoms with Crippen molar-refractivity contribution in [2.45, 2.75) is 57.8 Å². The Kier molecular flexibility index (Phi) is 8.74. The molecule has 2 aromatic carbocycles. The summed E-state index contributed by atoms with van der Waals surface area (Å²) in [5.41, 5.74) is 2.18. The summed E-state index contributed by atoms with van der Waals surface area (Å²) < 4.78 is 0. The van der Waals surface area contributed by atoms with Gasteiger partial charge in [-0.1, -0.05) is 62.8 Å². The van der Waals surface area contributed by atoms with E-state index in [0.717, 1.165) is 25.8 Å². The summed E-state index contributed by atoms with van der Waals surface area (Å²) in [6.07, 6.45) is 9.89. The number of anilines is 1. The van der Waals surface area contributed by atoms with Gasteiger partial charge in [0.25, 0.3) is 0 Å². The van der Waals surface area contributed by atoms with E-state index in [2.05, 4.69) is 24.3 Å². The molecule has 170 valence electrons. The van der Waals surface area contributed by atoms with Gasteiger partial charge in [0.1, 0.15) is 0 Å². The molecule has 0 atom stereocenters. The summed E-state index contributed by atoms with van der Waals surface area (Å²) in [5.74, 6) is -0.373. The number of unbranched alkanes of at least 4 members (excludes halogenated alkanes) is 7. The van der Waals surface area contributed by atoms with Crippen molar-refractivity contribution in [3.05, 3.63) is 64.7 Å². The first-order valence-corrected chi connectivity index (χ1v) is 11.7. The van der Waals surface area contributed by atoms with Gasteiger partial charge in [-0.05, 0) is 51.7 Å². The standard InChI is InChI=1S/C27H34N2O3/c1-29(2)18-12-8-6-4-3-5-7-9-15-25(30)28-20-16-17-23-24(19-20)27(32)22-14-11-10-13-21(22)26(23)31/h10-11,13-14,16-17,19H,3-9,12,15,18H2,1-2H3,(H,28,30). The first-order valence-electron chi connectivity index (χ1n) is 11.7. The van der Waals surface area contributed by atoms with Crippen LogP contribution in [0.2, 0.25) is 0 Å². The molecule has 0 fully saturated rings. The van der Waals surface area contributed by atoms with Crippen LogP contribution in [0, 0.1) is 0 Å². The quantitative estimate of drug-likeness (QED) is 0.384. The zero-order valence-electron chi connectivity index (χ0n) is 19.3. The van der Waals surface area contributed by atoms with Gasteiger partial charge in [-0.2, -0.15) is 0 Å². The minimum absolute atomic E-state index is 0.0522. The first-order chi connectivity index (χ1) is 15.5. The van der Waals surface area contributed by atoms with Crippen LogP contribution >= 0.6 is 0 Å². The van der Waals surface area contributed by atoms with Crippen LogP contribution in [0.25, 0.3) is 0 Å². The van der Waals surface area contributed by atoms with Gasteiger partial charge in [0.2, 0.25) is 5.91 Å². The Hall–Kier alpha value is -2.79. The van der Waals surface area contributed by atoms with E-state index in [0.29, 0.717) is 34.4 Å². The van der Waals surface area contributed by atoms with Gasteiger partial charge in [-0.15, -0.1) is 0 Å². The predicted octanol–water partition coefficient (Wildman–Crippen LogP) is 5.47. The van der Waals surface area contributed by atoms with Crippen molar-refractivity contribution in [3.8, 4) is 0 Å². The van der Waals surface area contributed by atoms with Crippen LogP contribution in [0.1, 0.15) is 89.6 Å². The van der Waals surface area contributed by atoms with E-state index >= 15 is 0 Å². The molecule has 3 rings (SSSR count). The summed E-state index contributed by atoms with van der Waals surface area (Å²) in [7, 11) is 4.22. The highest BCUT2D eigenvalue weighted by Crippen LogP contribution is 2.29. The van der Waals surface area contributed by atoms with Crippen LogP contribution in [0.5, 0.6) is 0 Å². The lowest BCUT2D eigenvalue weighted by Gasteiger charge is -2.18. The number of hydrogen-bond acceptors (Lipinski definition) is 4. The van der Waals surface area contributed by atoms with Crippen molar-refractivity contribution in [2.24, 2.45) is 0 Å². The molecule has 5 heteroatoms. The van der Waals surface area contributed by atoms with Gasteiger partial charge >= 0.3 is 0 Å². The number of carbonyl (C=O) groups is 3. The molecule has 0 saturated heterocycles. The molecule has 0 aromatic heterocycles. The fourth-order valence-corrected chi connectivity index (χ4v) is 4.17. The molecule has 0 spiro atoms. The lowest BCUT2D eigenvalue weighted by Crippen LogP contribution is -2.21. The largest absolute Gasteiger partial charge is 0.326 e. The molecule has 0 bridgehead atoms. The third-order valence-corrected chi connectivity index (χ3v) is 5.97. The lowest BCUT2D eigenvalue weighted by molar-refractivity contribution is -0.116. The molecule has 32 heavy (non-hydrogen) atoms. The molecule has 2 aromatic rings. The number of nitrogens with one attached hydrogen (secondary N) is 1. The van der Waals surface area contributed by atoms with Crippen molar-refractivity contribution in [3.63, 3.8) is 0 Å². The van der Waals surface area contributed by atoms with Crippen LogP contribution in [-0.2, 0) is 4.79 Å². The average Bonchev–Trinajstić information content (AvgIpc) is 2.78. The van der Waals surface area contributed by atoms with Gasteiger partial charge in [-0.25, -0.2) is 0 Å². The maximum Gasteiger partial charge on any atom is 0.224 e. The third kappa shape index (κ3) is 6.36. The van der Waals surface area contributed by atoms with Gasteiger partial charge in [-0.3, -0.25) is 14.4 Å². The highest BCUT2D eigenvalue weighted by Gasteiger charge is 2.29. The van der Waals surface area contributed by atoms with Crippen LogP contribution in [0.4, 0.5) is 5.69 Å². The topological polar surface area (TPSA) is 66.5 Å². The zero-order chi connectivity index (χ0) is 22.9. The smallest absolute Gasteiger partial charge is 0.224 e. The number of nitrogens with zero attached hydrogens (tertiary/aromatic N) is 1. The number of ketones is 2. The Morgan fingerprint density at radius 3 is 1.88 bits per heavy atom. The number of amides is 1. The molecular formula is C27H34N2O3. The summed E-state index contributed by atoms with van der Waals surface area (Å²) in [5, 5.41) is 2.88. The SMILES string of the molecule is CN(C)CCCCCCCCCCC(=O)Nc1ccc2c(c1)C(=O)c1ccccc1C2=O. The molecule has 0 aliphatic heterocycles. The molecule has 0 heterocycles. The van der Waals surface area contributed by atoms with Crippen molar-refractivity contribution in [1.82, 2.24) is 4.90 Å². The van der Waals surface area contributed by atoms with Crippen molar-refractivity contribution in [1.29, 1.82) is 0 Å². The average molecular weight is 435 g/mol. The molecular weight excluding hydrogens is 400 g/mol. The third-order valence-electron chi connectivity index (χ3n) is 5.97. The normalized spacial score (nSPS) is 12.6. The highest BCUT2D eigenvalue weighted by atomic mass is 16.2. The van der Waals surface area contributed by atoms with Gasteiger partial charge in [0.15, 0.2) is 11.6 Å². The Morgan fingerprint density at radius 1 is 0.719 bits per heavy atom. The van der Waals surface area contributed by atoms with E-state index in [9.17, 15) is 14.4 Å². The van der Waals surface area contributed by atoms with E-state index in [1.54, 1.807) is 42.5 Å². The fourth-order valence-electron chi connectivity index (χ4n) is 4.17. The molecule has 1 amide bonds. The van der Waals surface area contributed by atoms with E-state index < -0.39 is 0 Å². The minimum atomic E-state index is -0.173. The van der Waals surface area contributed by atoms with Gasteiger partial charge in [0.05, 0.1) is 0 Å². The monoisotopic (exact) mass is 434 g/mol. The lowest BCUT2D eigenvalue weighted by atomic mass is 9.84. The summed E-state index contributed by atoms with van der Waals surface area (Å²) in [6, 6.07) is 11.8. The van der Waals surface area contributed by atoms with E-state index in [4.69, 9.17) is 0 Å². The second kappa shape index (κ2) is 11.7. The van der Waals surface area contributed by atoms with E-state index in [1.807, 2.05) is 0 Å².